The summed E-state index contributed by atoms with van der Waals surface area (Å²) in [5.41, 5.74) is 1.31. The smallest absolute Gasteiger partial charge is 0.0707 e. The Morgan fingerprint density at radius 1 is 1.20 bits per heavy atom. The molecule has 1 aromatic rings. The predicted octanol–water partition coefficient (Wildman–Crippen LogP) is 1.81. The minimum absolute atomic E-state index is 0.396. The van der Waals surface area contributed by atoms with E-state index in [9.17, 15) is 0 Å². The van der Waals surface area contributed by atoms with Gasteiger partial charge in [-0.3, -0.25) is 9.88 Å². The Morgan fingerprint density at radius 2 is 1.95 bits per heavy atom. The summed E-state index contributed by atoms with van der Waals surface area (Å²) in [5, 5.41) is 3.57. The molecule has 4 nitrogen and oxygen atoms in total. The third-order valence-electron chi connectivity index (χ3n) is 4.12. The van der Waals surface area contributed by atoms with E-state index in [0.717, 1.165) is 25.7 Å². The van der Waals surface area contributed by atoms with Gasteiger partial charge in [0.15, 0.2) is 0 Å². The van der Waals surface area contributed by atoms with E-state index >= 15 is 0 Å². The number of nitrogens with zero attached hydrogens (tertiary/aromatic N) is 2. The van der Waals surface area contributed by atoms with E-state index in [1.807, 2.05) is 12.4 Å². The maximum Gasteiger partial charge on any atom is 0.0707 e. The van der Waals surface area contributed by atoms with Crippen molar-refractivity contribution in [2.45, 2.75) is 50.5 Å². The van der Waals surface area contributed by atoms with Gasteiger partial charge in [-0.1, -0.05) is 0 Å². The molecule has 20 heavy (non-hydrogen) atoms. The lowest BCUT2D eigenvalue weighted by Crippen LogP contribution is -2.32. The quantitative estimate of drug-likeness (QED) is 0.823. The highest BCUT2D eigenvalue weighted by Crippen LogP contribution is 2.23. The van der Waals surface area contributed by atoms with Crippen LogP contribution in [-0.4, -0.2) is 48.3 Å². The molecule has 0 amide bonds. The van der Waals surface area contributed by atoms with Gasteiger partial charge in [0, 0.05) is 38.1 Å². The molecule has 110 valence electrons. The Morgan fingerprint density at radius 3 is 2.70 bits per heavy atom. The van der Waals surface area contributed by atoms with Crippen LogP contribution < -0.4 is 5.32 Å². The predicted molar refractivity (Wildman–Crippen MR) is 79.5 cm³/mol. The van der Waals surface area contributed by atoms with Crippen molar-refractivity contribution in [1.82, 2.24) is 15.2 Å². The van der Waals surface area contributed by atoms with Crippen molar-refractivity contribution in [3.63, 3.8) is 0 Å². The standard InChI is InChI=1S/C16H25N3O/c1-19(11-13-6-8-17-9-7-13)12-16-5-4-15(20-16)10-18-14-2-3-14/h6-9,14-16,18H,2-5,10-12H2,1H3. The Balaban J connectivity index is 1.37. The molecule has 1 saturated carbocycles. The summed E-state index contributed by atoms with van der Waals surface area (Å²) in [5.74, 6) is 0. The third-order valence-corrected chi connectivity index (χ3v) is 4.12. The monoisotopic (exact) mass is 275 g/mol. The Bertz CT molecular complexity index is 407. The van der Waals surface area contributed by atoms with Crippen LogP contribution >= 0.6 is 0 Å². The van der Waals surface area contributed by atoms with E-state index in [-0.39, 0.29) is 0 Å². The molecule has 1 N–H and O–H groups in total. The average Bonchev–Trinajstić information content (AvgIpc) is 3.18. The topological polar surface area (TPSA) is 37.4 Å². The molecule has 2 unspecified atom stereocenters. The van der Waals surface area contributed by atoms with Gasteiger partial charge in [0.2, 0.25) is 0 Å². The average molecular weight is 275 g/mol. The fourth-order valence-corrected chi connectivity index (χ4v) is 2.86. The van der Waals surface area contributed by atoms with Crippen molar-refractivity contribution < 1.29 is 4.74 Å². The van der Waals surface area contributed by atoms with E-state index in [1.54, 1.807) is 0 Å². The van der Waals surface area contributed by atoms with Crippen LogP contribution in [0.15, 0.2) is 24.5 Å². The van der Waals surface area contributed by atoms with E-state index in [4.69, 9.17) is 4.74 Å². The summed E-state index contributed by atoms with van der Waals surface area (Å²) in [6, 6.07) is 4.94. The van der Waals surface area contributed by atoms with Gasteiger partial charge in [-0.15, -0.1) is 0 Å². The summed E-state index contributed by atoms with van der Waals surface area (Å²) in [6.07, 6.45) is 9.63. The van der Waals surface area contributed by atoms with E-state index in [0.29, 0.717) is 12.2 Å². The Hall–Kier alpha value is -0.970. The van der Waals surface area contributed by atoms with Gasteiger partial charge >= 0.3 is 0 Å². The van der Waals surface area contributed by atoms with Crippen LogP contribution in [0.5, 0.6) is 0 Å². The maximum absolute atomic E-state index is 6.13. The number of ether oxygens (including phenoxy) is 1. The lowest BCUT2D eigenvalue weighted by atomic mass is 10.2. The van der Waals surface area contributed by atoms with Crippen LogP contribution in [0.25, 0.3) is 0 Å². The second-order valence-electron chi connectivity index (χ2n) is 6.19. The zero-order chi connectivity index (χ0) is 13.8. The number of hydrogen-bond donors (Lipinski definition) is 1. The molecule has 2 aliphatic rings. The molecule has 0 bridgehead atoms. The number of aromatic nitrogens is 1. The van der Waals surface area contributed by atoms with Crippen molar-refractivity contribution in [3.05, 3.63) is 30.1 Å². The molecule has 1 saturated heterocycles. The number of nitrogens with one attached hydrogen (secondary N) is 1. The van der Waals surface area contributed by atoms with Gasteiger partial charge in [-0.05, 0) is 50.4 Å². The molecule has 2 fully saturated rings. The molecule has 2 heterocycles. The van der Waals surface area contributed by atoms with Crippen molar-refractivity contribution >= 4 is 0 Å². The first kappa shape index (κ1) is 14.0. The molecular weight excluding hydrogens is 250 g/mol. The third kappa shape index (κ3) is 4.27. The van der Waals surface area contributed by atoms with Gasteiger partial charge in [-0.25, -0.2) is 0 Å². The van der Waals surface area contributed by atoms with Gasteiger partial charge in [-0.2, -0.15) is 0 Å². The van der Waals surface area contributed by atoms with Crippen molar-refractivity contribution in [1.29, 1.82) is 0 Å². The van der Waals surface area contributed by atoms with E-state index < -0.39 is 0 Å². The highest BCUT2D eigenvalue weighted by molar-refractivity contribution is 5.09. The number of likely N-dealkylation sites (N-methyl/N-ethyl adjacent to an activating group) is 1. The zero-order valence-corrected chi connectivity index (χ0v) is 12.3. The molecule has 0 radical (unpaired) electrons. The number of rotatable bonds is 7. The molecule has 0 spiro atoms. The summed E-state index contributed by atoms with van der Waals surface area (Å²) in [4.78, 5) is 6.40. The minimum Gasteiger partial charge on any atom is -0.372 e. The minimum atomic E-state index is 0.396. The second kappa shape index (κ2) is 6.66. The molecular formula is C16H25N3O. The Labute approximate surface area is 121 Å². The summed E-state index contributed by atoms with van der Waals surface area (Å²) >= 11 is 0. The molecule has 2 atom stereocenters. The molecule has 3 rings (SSSR count). The van der Waals surface area contributed by atoms with Gasteiger partial charge in [0.1, 0.15) is 0 Å². The van der Waals surface area contributed by atoms with Crippen LogP contribution in [0, 0.1) is 0 Å². The fourth-order valence-electron chi connectivity index (χ4n) is 2.86. The first-order valence-electron chi connectivity index (χ1n) is 7.76. The van der Waals surface area contributed by atoms with E-state index in [2.05, 4.69) is 34.4 Å². The summed E-state index contributed by atoms with van der Waals surface area (Å²) in [6.45, 7) is 3.02. The van der Waals surface area contributed by atoms with Crippen molar-refractivity contribution in [3.8, 4) is 0 Å². The van der Waals surface area contributed by atoms with Crippen LogP contribution in [0.4, 0.5) is 0 Å². The number of hydrogen-bond acceptors (Lipinski definition) is 4. The highest BCUT2D eigenvalue weighted by atomic mass is 16.5. The Kier molecular flexibility index (Phi) is 4.65. The van der Waals surface area contributed by atoms with Gasteiger partial charge in [0.05, 0.1) is 12.2 Å². The first-order valence-corrected chi connectivity index (χ1v) is 7.76. The summed E-state index contributed by atoms with van der Waals surface area (Å²) in [7, 11) is 2.17. The molecule has 1 aliphatic carbocycles. The van der Waals surface area contributed by atoms with Crippen molar-refractivity contribution in [2.75, 3.05) is 20.1 Å². The fraction of sp³-hybridized carbons (Fsp3) is 0.688. The van der Waals surface area contributed by atoms with Crippen LogP contribution in [0.1, 0.15) is 31.2 Å². The molecule has 1 aliphatic heterocycles. The highest BCUT2D eigenvalue weighted by Gasteiger charge is 2.28. The SMILES string of the molecule is CN(Cc1ccncc1)CC1CCC(CNC2CC2)O1. The number of pyridine rings is 1. The van der Waals surface area contributed by atoms with Crippen LogP contribution in [0.2, 0.25) is 0 Å². The summed E-state index contributed by atoms with van der Waals surface area (Å²) < 4.78 is 6.13. The lowest BCUT2D eigenvalue weighted by Gasteiger charge is -2.21. The first-order chi connectivity index (χ1) is 9.79. The molecule has 4 heteroatoms. The maximum atomic E-state index is 6.13. The zero-order valence-electron chi connectivity index (χ0n) is 12.3. The molecule has 0 aromatic carbocycles. The molecule has 1 aromatic heterocycles. The largest absolute Gasteiger partial charge is 0.372 e. The van der Waals surface area contributed by atoms with Crippen LogP contribution in [-0.2, 0) is 11.3 Å². The van der Waals surface area contributed by atoms with Crippen LogP contribution in [0.3, 0.4) is 0 Å². The normalized spacial score (nSPS) is 26.3. The second-order valence-corrected chi connectivity index (χ2v) is 6.19. The van der Waals surface area contributed by atoms with Gasteiger partial charge < -0.3 is 10.1 Å². The van der Waals surface area contributed by atoms with Gasteiger partial charge in [0.25, 0.3) is 0 Å². The van der Waals surface area contributed by atoms with Crippen molar-refractivity contribution in [2.24, 2.45) is 0 Å². The van der Waals surface area contributed by atoms with E-state index in [1.165, 1.54) is 31.2 Å². The lowest BCUT2D eigenvalue weighted by molar-refractivity contribution is 0.0266.